The highest BCUT2D eigenvalue weighted by Crippen LogP contribution is 2.45. The molecule has 0 N–H and O–H groups in total. The molecule has 0 saturated heterocycles. The number of alkyl halides is 3. The predicted octanol–water partition coefficient (Wildman–Crippen LogP) is 2.51. The summed E-state index contributed by atoms with van der Waals surface area (Å²) >= 11 is 16.7. The van der Waals surface area contributed by atoms with Gasteiger partial charge in [0, 0.05) is 9.10 Å². The smallest absolute Gasteiger partial charge is 0.229 e. The minimum atomic E-state index is -1.95. The molecule has 0 aromatic heterocycles. The molecule has 1 atom stereocenters. The first-order chi connectivity index (χ1) is 7.31. The Labute approximate surface area is 111 Å². The Hall–Kier alpha value is -0.100. The Morgan fingerprint density at radius 3 is 2.44 bits per heavy atom. The van der Waals surface area contributed by atoms with Gasteiger partial charge in [0.15, 0.2) is 11.9 Å². The van der Waals surface area contributed by atoms with Crippen LogP contribution in [0.1, 0.15) is 19.8 Å². The molecule has 0 spiro atoms. The first kappa shape index (κ1) is 15.9. The van der Waals surface area contributed by atoms with E-state index in [9.17, 15) is 14.4 Å². The van der Waals surface area contributed by atoms with E-state index in [0.29, 0.717) is 18.4 Å². The molecule has 0 aromatic carbocycles. The van der Waals surface area contributed by atoms with Gasteiger partial charge in [-0.15, -0.1) is 0 Å². The molecule has 9 heteroatoms. The fourth-order valence-electron chi connectivity index (χ4n) is 0.823. The number of halogens is 3. The maximum absolute atomic E-state index is 11.6. The van der Waals surface area contributed by atoms with Crippen LogP contribution in [0.25, 0.3) is 0 Å². The Bertz CT molecular complexity index is 327. The number of rotatable bonds is 5. The maximum atomic E-state index is 11.6. The zero-order chi connectivity index (χ0) is 12.8. The molecule has 0 fully saturated rings. The molecule has 0 aliphatic heterocycles. The summed E-state index contributed by atoms with van der Waals surface area (Å²) in [6.07, 6.45) is 1.74. The molecule has 16 heavy (non-hydrogen) atoms. The molecule has 0 heterocycles. The molecule has 0 aliphatic rings. The highest BCUT2D eigenvalue weighted by molar-refractivity contribution is 8.00. The van der Waals surface area contributed by atoms with Gasteiger partial charge in [-0.2, -0.15) is 0 Å². The molecule has 2 amide bonds. The van der Waals surface area contributed by atoms with E-state index in [0.717, 1.165) is 6.08 Å². The second-order valence-electron chi connectivity index (χ2n) is 2.60. The predicted molar refractivity (Wildman–Crippen MR) is 62.2 cm³/mol. The van der Waals surface area contributed by atoms with Crippen LogP contribution < -0.4 is 0 Å². The van der Waals surface area contributed by atoms with Gasteiger partial charge in [-0.05, 0) is 6.42 Å². The van der Waals surface area contributed by atoms with Crippen molar-refractivity contribution in [2.45, 2.75) is 22.9 Å². The fourth-order valence-corrected chi connectivity index (χ4v) is 2.40. The highest BCUT2D eigenvalue weighted by atomic mass is 35.6. The largest absolute Gasteiger partial charge is 0.359 e. The topological polar surface area (TPSA) is 63.6 Å². The van der Waals surface area contributed by atoms with E-state index in [1.54, 1.807) is 6.92 Å². The molecule has 0 saturated carbocycles. The van der Waals surface area contributed by atoms with Crippen molar-refractivity contribution in [3.63, 3.8) is 0 Å². The summed E-state index contributed by atoms with van der Waals surface area (Å²) in [5, 5.41) is 3.10. The van der Waals surface area contributed by atoms with Crippen LogP contribution in [-0.4, -0.2) is 25.5 Å². The van der Waals surface area contributed by atoms with Gasteiger partial charge in [0.05, 0.1) is 6.42 Å². The van der Waals surface area contributed by atoms with Crippen LogP contribution in [0, 0.1) is 0 Å². The SMILES string of the molecule is CCCC(=O)[N+](C=O)(N=C=O)SC(Cl)(Cl)Cl. The maximum Gasteiger partial charge on any atom is 0.359 e. The van der Waals surface area contributed by atoms with Gasteiger partial charge in [0.1, 0.15) is 0 Å². The number of nitrogens with zero attached hydrogens (tertiary/aromatic N) is 2. The Morgan fingerprint density at radius 1 is 1.56 bits per heavy atom. The van der Waals surface area contributed by atoms with E-state index in [4.69, 9.17) is 34.8 Å². The van der Waals surface area contributed by atoms with Crippen LogP contribution in [0.4, 0.5) is 0 Å². The van der Waals surface area contributed by atoms with E-state index in [-0.39, 0.29) is 12.8 Å². The lowest BCUT2D eigenvalue weighted by Crippen LogP contribution is -2.42. The molecule has 1 unspecified atom stereocenters. The standard InChI is InChI=1S/C7H8Cl3N2O3S/c1-2-3-6(15)12(5-14,11-4-13)16-7(8,9)10/h5H,2-3H2,1H3/q+1. The fraction of sp³-hybridized carbons (Fsp3) is 0.571. The number of imide groups is 1. The molecule has 0 bridgehead atoms. The zero-order valence-corrected chi connectivity index (χ0v) is 11.2. The summed E-state index contributed by atoms with van der Waals surface area (Å²) in [5.74, 6) is -0.655. The van der Waals surface area contributed by atoms with Crippen LogP contribution in [0.2, 0.25) is 0 Å². The number of hydrogen-bond acceptors (Lipinski definition) is 5. The number of hydrogen-bond donors (Lipinski definition) is 0. The first-order valence-corrected chi connectivity index (χ1v) is 5.97. The Kier molecular flexibility index (Phi) is 6.55. The normalized spacial score (nSPS) is 14.8. The zero-order valence-electron chi connectivity index (χ0n) is 8.15. The van der Waals surface area contributed by atoms with Crippen molar-refractivity contribution in [3.05, 3.63) is 0 Å². The summed E-state index contributed by atoms with van der Waals surface area (Å²) in [5.41, 5.74) is 0. The molecule has 0 aromatic rings. The van der Waals surface area contributed by atoms with Gasteiger partial charge in [-0.3, -0.25) is 0 Å². The molecule has 90 valence electrons. The second kappa shape index (κ2) is 6.59. The van der Waals surface area contributed by atoms with Gasteiger partial charge < -0.3 is 0 Å². The second-order valence-corrected chi connectivity index (χ2v) is 6.91. The average molecular weight is 307 g/mol. The summed E-state index contributed by atoms with van der Waals surface area (Å²) in [7, 11) is 0. The van der Waals surface area contributed by atoms with Gasteiger partial charge in [0.2, 0.25) is 0 Å². The Morgan fingerprint density at radius 2 is 2.12 bits per heavy atom. The minimum absolute atomic E-state index is 0.0255. The first-order valence-electron chi connectivity index (χ1n) is 4.06. The lowest BCUT2D eigenvalue weighted by molar-refractivity contribution is -0.632. The van der Waals surface area contributed by atoms with E-state index >= 15 is 0 Å². The molecule has 0 aliphatic carbocycles. The van der Waals surface area contributed by atoms with Crippen molar-refractivity contribution >= 4 is 65.1 Å². The molecule has 5 nitrogen and oxygen atoms in total. The Balaban J connectivity index is 5.23. The van der Waals surface area contributed by atoms with Crippen molar-refractivity contribution in [1.29, 1.82) is 0 Å². The van der Waals surface area contributed by atoms with Crippen LogP contribution >= 0.6 is 46.8 Å². The van der Waals surface area contributed by atoms with Crippen LogP contribution in [0.5, 0.6) is 0 Å². The minimum Gasteiger partial charge on any atom is -0.229 e. The molecule has 0 rings (SSSR count). The third-order valence-electron chi connectivity index (χ3n) is 1.40. The summed E-state index contributed by atoms with van der Waals surface area (Å²) in [6, 6.07) is 0. The lowest BCUT2D eigenvalue weighted by Gasteiger charge is -2.20. The van der Waals surface area contributed by atoms with Gasteiger partial charge >= 0.3 is 12.3 Å². The number of isocyanates is 1. The summed E-state index contributed by atoms with van der Waals surface area (Å²) in [4.78, 5) is 32.7. The number of carbonyl (C=O) groups is 2. The van der Waals surface area contributed by atoms with Gasteiger partial charge in [0.25, 0.3) is 9.20 Å². The van der Waals surface area contributed by atoms with Crippen molar-refractivity contribution < 1.29 is 18.4 Å². The van der Waals surface area contributed by atoms with Crippen molar-refractivity contribution in [3.8, 4) is 0 Å². The quantitative estimate of drug-likeness (QED) is 0.149. The van der Waals surface area contributed by atoms with E-state index in [2.05, 4.69) is 5.10 Å². The number of carbonyl (C=O) groups excluding carboxylic acids is 3. The summed E-state index contributed by atoms with van der Waals surface area (Å²) in [6.45, 7) is 1.72. The molecule has 0 radical (unpaired) electrons. The van der Waals surface area contributed by atoms with Crippen LogP contribution in [-0.2, 0) is 14.4 Å². The van der Waals surface area contributed by atoms with E-state index < -0.39 is 13.0 Å². The van der Waals surface area contributed by atoms with Crippen LogP contribution in [0.15, 0.2) is 5.10 Å². The van der Waals surface area contributed by atoms with Crippen LogP contribution in [0.3, 0.4) is 0 Å². The monoisotopic (exact) mass is 305 g/mol. The highest BCUT2D eigenvalue weighted by Gasteiger charge is 2.48. The molecular weight excluding hydrogens is 299 g/mol. The third-order valence-corrected chi connectivity index (χ3v) is 2.87. The third kappa shape index (κ3) is 4.82. The number of amides is 2. The van der Waals surface area contributed by atoms with E-state index in [1.165, 1.54) is 0 Å². The van der Waals surface area contributed by atoms with Gasteiger partial charge in [-0.25, -0.2) is 14.4 Å². The summed E-state index contributed by atoms with van der Waals surface area (Å²) < 4.78 is -3.24. The van der Waals surface area contributed by atoms with Crippen molar-refractivity contribution in [1.82, 2.24) is 0 Å². The molecular formula is C7H8Cl3N2O3S+. The average Bonchev–Trinajstić information content (AvgIpc) is 2.15. The lowest BCUT2D eigenvalue weighted by atomic mass is 10.3. The number of quaternary nitrogens is 1. The van der Waals surface area contributed by atoms with Gasteiger partial charge in [-0.1, -0.05) is 41.7 Å². The van der Waals surface area contributed by atoms with E-state index in [1.807, 2.05) is 0 Å². The van der Waals surface area contributed by atoms with Crippen molar-refractivity contribution in [2.24, 2.45) is 5.10 Å². The van der Waals surface area contributed by atoms with Crippen molar-refractivity contribution in [2.75, 3.05) is 0 Å².